The van der Waals surface area contributed by atoms with Crippen LogP contribution in [0, 0.1) is 6.92 Å². The van der Waals surface area contributed by atoms with Crippen molar-refractivity contribution in [3.8, 4) is 0 Å². The lowest BCUT2D eigenvalue weighted by Gasteiger charge is -2.23. The van der Waals surface area contributed by atoms with Crippen LogP contribution in [0.25, 0.3) is 11.0 Å². The summed E-state index contributed by atoms with van der Waals surface area (Å²) in [6.07, 6.45) is 1.07. The SMILES string of the molecule is CCC(c1nc2ccccc2nc1C)C(C)NC. The fourth-order valence-corrected chi connectivity index (χ4v) is 2.44. The van der Waals surface area contributed by atoms with Crippen LogP contribution in [0.4, 0.5) is 0 Å². The van der Waals surface area contributed by atoms with Crippen LogP contribution in [-0.2, 0) is 0 Å². The highest BCUT2D eigenvalue weighted by Gasteiger charge is 2.20. The van der Waals surface area contributed by atoms with Crippen molar-refractivity contribution in [1.29, 1.82) is 0 Å². The molecule has 0 aliphatic carbocycles. The summed E-state index contributed by atoms with van der Waals surface area (Å²) < 4.78 is 0. The quantitative estimate of drug-likeness (QED) is 0.897. The second-order valence-corrected chi connectivity index (χ2v) is 4.78. The van der Waals surface area contributed by atoms with Crippen LogP contribution in [0.5, 0.6) is 0 Å². The molecule has 0 radical (unpaired) electrons. The van der Waals surface area contributed by atoms with Gasteiger partial charge in [-0.3, -0.25) is 0 Å². The number of aromatic nitrogens is 2. The summed E-state index contributed by atoms with van der Waals surface area (Å²) in [5.41, 5.74) is 4.13. The first-order valence-electron chi connectivity index (χ1n) is 6.58. The number of rotatable bonds is 4. The Kier molecular flexibility index (Phi) is 3.92. The summed E-state index contributed by atoms with van der Waals surface area (Å²) in [6.45, 7) is 6.46. The molecule has 0 bridgehead atoms. The first-order chi connectivity index (χ1) is 8.67. The molecule has 3 nitrogen and oxygen atoms in total. The summed E-state index contributed by atoms with van der Waals surface area (Å²) >= 11 is 0. The molecule has 0 fully saturated rings. The smallest absolute Gasteiger partial charge is 0.0890 e. The van der Waals surface area contributed by atoms with Crippen molar-refractivity contribution in [2.24, 2.45) is 0 Å². The van der Waals surface area contributed by atoms with E-state index < -0.39 is 0 Å². The van der Waals surface area contributed by atoms with Crippen LogP contribution in [-0.4, -0.2) is 23.1 Å². The highest BCUT2D eigenvalue weighted by atomic mass is 14.9. The minimum absolute atomic E-state index is 0.407. The van der Waals surface area contributed by atoms with Gasteiger partial charge in [0.05, 0.1) is 22.4 Å². The summed E-state index contributed by atoms with van der Waals surface area (Å²) in [4.78, 5) is 9.48. The lowest BCUT2D eigenvalue weighted by atomic mass is 9.93. The van der Waals surface area contributed by atoms with E-state index in [0.717, 1.165) is 28.8 Å². The van der Waals surface area contributed by atoms with Gasteiger partial charge in [-0.1, -0.05) is 19.1 Å². The van der Waals surface area contributed by atoms with Crippen LogP contribution in [0.3, 0.4) is 0 Å². The van der Waals surface area contributed by atoms with Gasteiger partial charge in [0, 0.05) is 12.0 Å². The molecular weight excluding hydrogens is 222 g/mol. The Morgan fingerprint density at radius 3 is 2.33 bits per heavy atom. The van der Waals surface area contributed by atoms with E-state index in [9.17, 15) is 0 Å². The molecule has 0 amide bonds. The third-order valence-electron chi connectivity index (χ3n) is 3.63. The number of para-hydroxylation sites is 2. The Morgan fingerprint density at radius 1 is 1.17 bits per heavy atom. The van der Waals surface area contributed by atoms with Gasteiger partial charge in [0.2, 0.25) is 0 Å². The number of benzene rings is 1. The van der Waals surface area contributed by atoms with Gasteiger partial charge in [-0.25, -0.2) is 9.97 Å². The molecule has 0 aliphatic heterocycles. The Hall–Kier alpha value is -1.48. The van der Waals surface area contributed by atoms with Crippen molar-refractivity contribution in [3.05, 3.63) is 35.7 Å². The predicted molar refractivity (Wildman–Crippen MR) is 75.8 cm³/mol. The molecule has 2 atom stereocenters. The standard InChI is InChI=1S/C15H21N3/c1-5-12(10(2)16-4)15-11(3)17-13-8-6-7-9-14(13)18-15/h6-10,12,16H,5H2,1-4H3. The van der Waals surface area contributed by atoms with E-state index in [2.05, 4.69) is 31.1 Å². The number of likely N-dealkylation sites (N-methyl/N-ethyl adjacent to an activating group) is 1. The van der Waals surface area contributed by atoms with Crippen LogP contribution >= 0.6 is 0 Å². The van der Waals surface area contributed by atoms with Crippen LogP contribution in [0.1, 0.15) is 37.6 Å². The van der Waals surface area contributed by atoms with Gasteiger partial charge in [0.25, 0.3) is 0 Å². The Balaban J connectivity index is 2.52. The average molecular weight is 243 g/mol. The molecule has 2 unspecified atom stereocenters. The van der Waals surface area contributed by atoms with Crippen LogP contribution in [0.15, 0.2) is 24.3 Å². The number of nitrogens with one attached hydrogen (secondary N) is 1. The maximum absolute atomic E-state index is 4.81. The Morgan fingerprint density at radius 2 is 1.78 bits per heavy atom. The molecule has 1 heterocycles. The second kappa shape index (κ2) is 5.44. The number of hydrogen-bond acceptors (Lipinski definition) is 3. The fourth-order valence-electron chi connectivity index (χ4n) is 2.44. The highest BCUT2D eigenvalue weighted by molar-refractivity contribution is 5.74. The molecule has 0 saturated carbocycles. The maximum Gasteiger partial charge on any atom is 0.0890 e. The largest absolute Gasteiger partial charge is 0.317 e. The van der Waals surface area contributed by atoms with E-state index in [-0.39, 0.29) is 0 Å². The highest BCUT2D eigenvalue weighted by Crippen LogP contribution is 2.25. The molecule has 96 valence electrons. The summed E-state index contributed by atoms with van der Waals surface area (Å²) in [6, 6.07) is 8.47. The van der Waals surface area contributed by atoms with Crippen LogP contribution < -0.4 is 5.32 Å². The van der Waals surface area contributed by atoms with E-state index >= 15 is 0 Å². The molecule has 18 heavy (non-hydrogen) atoms. The predicted octanol–water partition coefficient (Wildman–Crippen LogP) is 3.04. The van der Waals surface area contributed by atoms with E-state index in [1.54, 1.807) is 0 Å². The third-order valence-corrected chi connectivity index (χ3v) is 3.63. The lowest BCUT2D eigenvalue weighted by Crippen LogP contribution is -2.29. The molecule has 1 aromatic carbocycles. The zero-order chi connectivity index (χ0) is 13.1. The van der Waals surface area contributed by atoms with Crippen molar-refractivity contribution in [3.63, 3.8) is 0 Å². The lowest BCUT2D eigenvalue weighted by molar-refractivity contribution is 0.472. The first kappa shape index (κ1) is 13.0. The number of fused-ring (bicyclic) bond motifs is 1. The van der Waals surface area contributed by atoms with Crippen molar-refractivity contribution < 1.29 is 0 Å². The maximum atomic E-state index is 4.81. The van der Waals surface area contributed by atoms with E-state index in [0.29, 0.717) is 12.0 Å². The van der Waals surface area contributed by atoms with Gasteiger partial charge >= 0.3 is 0 Å². The van der Waals surface area contributed by atoms with Gasteiger partial charge in [-0.2, -0.15) is 0 Å². The Bertz CT molecular complexity index is 536. The molecule has 2 aromatic rings. The zero-order valence-electron chi connectivity index (χ0n) is 11.6. The number of aryl methyl sites for hydroxylation is 1. The molecule has 3 heteroatoms. The molecule has 0 aliphatic rings. The summed E-state index contributed by atoms with van der Waals surface area (Å²) in [5.74, 6) is 0.409. The minimum atomic E-state index is 0.407. The van der Waals surface area contributed by atoms with Crippen molar-refractivity contribution in [2.45, 2.75) is 39.2 Å². The molecule has 2 rings (SSSR count). The van der Waals surface area contributed by atoms with Gasteiger partial charge < -0.3 is 5.32 Å². The van der Waals surface area contributed by atoms with Gasteiger partial charge in [-0.05, 0) is 39.4 Å². The zero-order valence-corrected chi connectivity index (χ0v) is 11.6. The fraction of sp³-hybridized carbons (Fsp3) is 0.467. The molecule has 0 spiro atoms. The van der Waals surface area contributed by atoms with Crippen molar-refractivity contribution in [2.75, 3.05) is 7.05 Å². The molecule has 1 aromatic heterocycles. The van der Waals surface area contributed by atoms with E-state index in [1.807, 2.05) is 31.3 Å². The van der Waals surface area contributed by atoms with E-state index in [1.165, 1.54) is 0 Å². The topological polar surface area (TPSA) is 37.8 Å². The molecule has 1 N–H and O–H groups in total. The van der Waals surface area contributed by atoms with Gasteiger partial charge in [0.1, 0.15) is 0 Å². The van der Waals surface area contributed by atoms with Crippen molar-refractivity contribution >= 4 is 11.0 Å². The average Bonchev–Trinajstić information content (AvgIpc) is 2.39. The minimum Gasteiger partial charge on any atom is -0.317 e. The molecular formula is C15H21N3. The normalized spacial score (nSPS) is 14.7. The Labute approximate surface area is 109 Å². The van der Waals surface area contributed by atoms with Gasteiger partial charge in [-0.15, -0.1) is 0 Å². The molecule has 0 saturated heterocycles. The number of hydrogen-bond donors (Lipinski definition) is 1. The first-order valence-corrected chi connectivity index (χ1v) is 6.58. The van der Waals surface area contributed by atoms with Gasteiger partial charge in [0.15, 0.2) is 0 Å². The summed E-state index contributed by atoms with van der Waals surface area (Å²) in [7, 11) is 2.00. The third kappa shape index (κ3) is 2.36. The van der Waals surface area contributed by atoms with Crippen LogP contribution in [0.2, 0.25) is 0 Å². The van der Waals surface area contributed by atoms with Crippen molar-refractivity contribution in [1.82, 2.24) is 15.3 Å². The number of nitrogens with zero attached hydrogens (tertiary/aromatic N) is 2. The summed E-state index contributed by atoms with van der Waals surface area (Å²) in [5, 5.41) is 3.32. The monoisotopic (exact) mass is 243 g/mol. The second-order valence-electron chi connectivity index (χ2n) is 4.78. The van der Waals surface area contributed by atoms with E-state index in [4.69, 9.17) is 4.98 Å².